The molecular formula is C28H28F2N6O4. The minimum Gasteiger partial charge on any atom is -0.440 e. The Bertz CT molecular complexity index is 1540. The molecule has 0 aromatic carbocycles. The fourth-order valence-corrected chi connectivity index (χ4v) is 6.30. The fraction of sp³-hybridized carbons (Fsp3) is 0.429. The van der Waals surface area contributed by atoms with Crippen molar-refractivity contribution >= 4 is 17.3 Å². The molecule has 4 heterocycles. The van der Waals surface area contributed by atoms with Gasteiger partial charge in [0, 0.05) is 43.0 Å². The highest BCUT2D eigenvalue weighted by Crippen LogP contribution is 2.47. The van der Waals surface area contributed by atoms with Gasteiger partial charge in [0.15, 0.2) is 11.8 Å². The Morgan fingerprint density at radius 1 is 1.10 bits per heavy atom. The number of nitroso groups, excluding NO2 is 1. The molecule has 10 nitrogen and oxygen atoms in total. The zero-order valence-electron chi connectivity index (χ0n) is 21.5. The third-order valence-electron chi connectivity index (χ3n) is 8.28. The van der Waals surface area contributed by atoms with E-state index in [1.807, 2.05) is 6.07 Å². The van der Waals surface area contributed by atoms with Crippen LogP contribution in [-0.2, 0) is 4.74 Å². The van der Waals surface area contributed by atoms with Crippen molar-refractivity contribution in [3.05, 3.63) is 87.4 Å². The molecule has 3 aromatic heterocycles. The Morgan fingerprint density at radius 2 is 1.88 bits per heavy atom. The molecule has 3 aromatic rings. The Balaban J connectivity index is 1.18. The number of likely N-dealkylation sites (tertiary alicyclic amines) is 1. The van der Waals surface area contributed by atoms with Crippen molar-refractivity contribution in [3.8, 4) is 0 Å². The summed E-state index contributed by atoms with van der Waals surface area (Å²) in [6.07, 6.45) is 5.76. The van der Waals surface area contributed by atoms with E-state index in [1.165, 1.54) is 6.08 Å². The number of pyridine rings is 2. The molecule has 12 heteroatoms. The molecule has 1 fully saturated rings. The number of alkyl halides is 1. The molecule has 1 N–H and O–H groups in total. The van der Waals surface area contributed by atoms with Crippen molar-refractivity contribution in [1.82, 2.24) is 24.4 Å². The van der Waals surface area contributed by atoms with Crippen LogP contribution in [0.2, 0.25) is 0 Å². The lowest BCUT2D eigenvalue weighted by Gasteiger charge is -2.33. The summed E-state index contributed by atoms with van der Waals surface area (Å²) in [4.78, 5) is 50.9. The molecule has 0 radical (unpaired) electrons. The van der Waals surface area contributed by atoms with Crippen LogP contribution >= 0.6 is 0 Å². The maximum Gasteiger partial charge on any atom is 0.410 e. The predicted octanol–water partition coefficient (Wildman–Crippen LogP) is 5.23. The minimum atomic E-state index is -1.87. The average Bonchev–Trinajstić information content (AvgIpc) is 3.23. The first kappa shape index (κ1) is 26.0. The largest absolute Gasteiger partial charge is 0.440 e. The summed E-state index contributed by atoms with van der Waals surface area (Å²) in [5, 5.41) is 3.31. The van der Waals surface area contributed by atoms with Crippen molar-refractivity contribution in [2.45, 2.75) is 50.0 Å². The second kappa shape index (κ2) is 10.7. The smallest absolute Gasteiger partial charge is 0.410 e. The van der Waals surface area contributed by atoms with E-state index in [0.29, 0.717) is 42.8 Å². The molecule has 208 valence electrons. The van der Waals surface area contributed by atoms with E-state index in [1.54, 1.807) is 46.1 Å². The van der Waals surface area contributed by atoms with Gasteiger partial charge in [-0.25, -0.2) is 23.4 Å². The van der Waals surface area contributed by atoms with Crippen LogP contribution in [0.25, 0.3) is 11.2 Å². The maximum absolute atomic E-state index is 14.9. The van der Waals surface area contributed by atoms with Crippen LogP contribution in [0.4, 0.5) is 13.6 Å². The summed E-state index contributed by atoms with van der Waals surface area (Å²) >= 11 is 0. The molecule has 0 saturated carbocycles. The van der Waals surface area contributed by atoms with Crippen LogP contribution in [0.5, 0.6) is 0 Å². The lowest BCUT2D eigenvalue weighted by Crippen LogP contribution is -2.41. The van der Waals surface area contributed by atoms with Gasteiger partial charge in [-0.15, -0.1) is 0 Å². The number of ether oxygens (including phenoxy) is 1. The molecule has 3 aliphatic rings. The normalized spacial score (nSPS) is 27.1. The first-order chi connectivity index (χ1) is 19.5. The van der Waals surface area contributed by atoms with Gasteiger partial charge in [-0.1, -0.05) is 23.4 Å². The lowest BCUT2D eigenvalue weighted by molar-refractivity contribution is 0.0451. The van der Waals surface area contributed by atoms with Crippen molar-refractivity contribution in [2.75, 3.05) is 13.1 Å². The number of nitrogens with one attached hydrogen (secondary N) is 1. The number of hydrogen-bond acceptors (Lipinski definition) is 7. The van der Waals surface area contributed by atoms with Crippen molar-refractivity contribution in [2.24, 2.45) is 17.0 Å². The van der Waals surface area contributed by atoms with Crippen LogP contribution in [-0.4, -0.2) is 49.8 Å². The molecule has 5 unspecified atom stereocenters. The van der Waals surface area contributed by atoms with Gasteiger partial charge < -0.3 is 9.64 Å². The molecule has 2 aliphatic carbocycles. The highest BCUT2D eigenvalue weighted by molar-refractivity contribution is 5.70. The number of piperidine rings is 1. The van der Waals surface area contributed by atoms with Gasteiger partial charge in [-0.3, -0.25) is 14.5 Å². The number of rotatable bonds is 4. The number of amides is 1. The third kappa shape index (κ3) is 4.61. The van der Waals surface area contributed by atoms with Crippen LogP contribution in [0.3, 0.4) is 0 Å². The number of fused-ring (bicyclic) bond motifs is 2. The number of carbonyl (C=O) groups excluding carboxylic acids is 1. The summed E-state index contributed by atoms with van der Waals surface area (Å²) in [6.45, 7) is 0.766. The van der Waals surface area contributed by atoms with Crippen molar-refractivity contribution in [1.29, 1.82) is 0 Å². The SMILES string of the molecule is O=NC1c2cccnc2C(OC(=O)N2CCC(n3c(=O)[nH]c4ncccc43)CC2)CCC1C1C=CC=C(F)C1F. The number of carbonyl (C=O) groups is 1. The zero-order chi connectivity index (χ0) is 27.8. The topological polar surface area (TPSA) is 123 Å². The zero-order valence-corrected chi connectivity index (χ0v) is 21.5. The molecule has 40 heavy (non-hydrogen) atoms. The second-order valence-corrected chi connectivity index (χ2v) is 10.4. The van der Waals surface area contributed by atoms with Crippen molar-refractivity contribution < 1.29 is 18.3 Å². The predicted molar refractivity (Wildman–Crippen MR) is 142 cm³/mol. The monoisotopic (exact) mass is 550 g/mol. The summed E-state index contributed by atoms with van der Waals surface area (Å²) < 4.78 is 36.6. The summed E-state index contributed by atoms with van der Waals surface area (Å²) in [5.41, 5.74) is 1.88. The van der Waals surface area contributed by atoms with Gasteiger partial charge in [0.05, 0.1) is 11.2 Å². The number of aromatic nitrogens is 4. The van der Waals surface area contributed by atoms with Crippen molar-refractivity contribution in [3.63, 3.8) is 0 Å². The number of imidazole rings is 1. The fourth-order valence-electron chi connectivity index (χ4n) is 6.30. The quantitative estimate of drug-likeness (QED) is 0.351. The molecular weight excluding hydrogens is 522 g/mol. The standard InChI is InChI=1S/C28H28F2N6O4/c29-20-6-1-4-17(23(20)30)18-8-9-22(25-19(24(18)34-39)5-2-12-31-25)40-28(38)35-14-10-16(11-15-35)36-21-7-3-13-32-26(21)33-27(36)37/h1-7,12-13,16-18,22-24H,8-11,14-15H2,(H,32,33,37). The number of H-pyrrole nitrogens is 1. The molecule has 0 bridgehead atoms. The molecule has 6 rings (SSSR count). The average molecular weight is 551 g/mol. The van der Waals surface area contributed by atoms with E-state index in [4.69, 9.17) is 4.74 Å². The number of hydrogen-bond donors (Lipinski definition) is 1. The minimum absolute atomic E-state index is 0.0957. The lowest BCUT2D eigenvalue weighted by atomic mass is 9.77. The Morgan fingerprint density at radius 3 is 2.67 bits per heavy atom. The first-order valence-corrected chi connectivity index (χ1v) is 13.4. The number of aromatic amines is 1. The van der Waals surface area contributed by atoms with E-state index in [2.05, 4.69) is 20.1 Å². The van der Waals surface area contributed by atoms with Crippen LogP contribution in [0, 0.1) is 16.7 Å². The van der Waals surface area contributed by atoms with Crippen LogP contribution < -0.4 is 5.69 Å². The maximum atomic E-state index is 14.9. The van der Waals surface area contributed by atoms with E-state index in [9.17, 15) is 23.3 Å². The summed E-state index contributed by atoms with van der Waals surface area (Å²) in [6, 6.07) is 5.88. The molecule has 1 saturated heterocycles. The highest BCUT2D eigenvalue weighted by Gasteiger charge is 2.43. The van der Waals surface area contributed by atoms with Gasteiger partial charge in [-0.2, -0.15) is 4.91 Å². The summed E-state index contributed by atoms with van der Waals surface area (Å²) in [7, 11) is 0. The summed E-state index contributed by atoms with van der Waals surface area (Å²) in [5.74, 6) is -2.39. The van der Waals surface area contributed by atoms with Gasteiger partial charge in [0.2, 0.25) is 0 Å². The van der Waals surface area contributed by atoms with Crippen LogP contribution in [0.1, 0.15) is 55.1 Å². The van der Waals surface area contributed by atoms with Gasteiger partial charge in [0.1, 0.15) is 18.0 Å². The Labute approximate surface area is 227 Å². The molecule has 0 spiro atoms. The molecule has 5 atom stereocenters. The van der Waals surface area contributed by atoms with E-state index < -0.39 is 42.1 Å². The molecule has 1 amide bonds. The molecule has 1 aliphatic heterocycles. The Hall–Kier alpha value is -4.22. The van der Waals surface area contributed by atoms with Crippen LogP contribution in [0.15, 0.2) is 70.7 Å². The second-order valence-electron chi connectivity index (χ2n) is 10.4. The third-order valence-corrected chi connectivity index (χ3v) is 8.28. The van der Waals surface area contributed by atoms with E-state index >= 15 is 0 Å². The van der Waals surface area contributed by atoms with Gasteiger partial charge in [0.25, 0.3) is 0 Å². The number of nitrogens with zero attached hydrogens (tertiary/aromatic N) is 5. The highest BCUT2D eigenvalue weighted by atomic mass is 19.2. The number of allylic oxidation sites excluding steroid dienone is 4. The van der Waals surface area contributed by atoms with E-state index in [0.717, 1.165) is 11.6 Å². The van der Waals surface area contributed by atoms with Gasteiger partial charge in [-0.05, 0) is 55.9 Å². The number of halogens is 2. The van der Waals surface area contributed by atoms with Gasteiger partial charge >= 0.3 is 11.8 Å². The first-order valence-electron chi connectivity index (χ1n) is 13.4. The Kier molecular flexibility index (Phi) is 6.99. The van der Waals surface area contributed by atoms with E-state index in [-0.39, 0.29) is 24.6 Å².